The molecule has 21 heteroatoms. The van der Waals surface area contributed by atoms with Crippen molar-refractivity contribution in [3.8, 4) is 23.0 Å². The van der Waals surface area contributed by atoms with Crippen LogP contribution in [0.25, 0.3) is 0 Å². The highest BCUT2D eigenvalue weighted by Gasteiger charge is 2.39. The number of carbonyl (C=O) groups excluding carboxylic acids is 8. The highest BCUT2D eigenvalue weighted by molar-refractivity contribution is 6.15. The normalized spacial score (nSPS) is 17.0. The van der Waals surface area contributed by atoms with E-state index >= 15 is 0 Å². The van der Waals surface area contributed by atoms with Gasteiger partial charge in [-0.05, 0) is 97.8 Å². The van der Waals surface area contributed by atoms with Crippen LogP contribution < -0.4 is 55.3 Å². The van der Waals surface area contributed by atoms with Gasteiger partial charge in [0.2, 0.25) is 23.6 Å². The summed E-state index contributed by atoms with van der Waals surface area (Å²) in [4.78, 5) is 113. The van der Waals surface area contributed by atoms with Crippen LogP contribution in [0, 0.1) is 0 Å². The molecule has 0 bridgehead atoms. The Labute approximate surface area is 467 Å². The summed E-state index contributed by atoms with van der Waals surface area (Å²) >= 11 is 0. The quantitative estimate of drug-likeness (QED) is 0.0438. The highest BCUT2D eigenvalue weighted by Crippen LogP contribution is 2.43. The molecule has 0 aliphatic carbocycles. The van der Waals surface area contributed by atoms with Crippen LogP contribution in [0.15, 0.2) is 108 Å². The van der Waals surface area contributed by atoms with E-state index in [9.17, 15) is 38.4 Å². The topological polar surface area (TPSA) is 256 Å². The van der Waals surface area contributed by atoms with Gasteiger partial charge >= 0.3 is 0 Å². The first-order chi connectivity index (χ1) is 39.2. The van der Waals surface area contributed by atoms with Crippen molar-refractivity contribution in [1.82, 2.24) is 20.9 Å². The Kier molecular flexibility index (Phi) is 16.1. The summed E-state index contributed by atoms with van der Waals surface area (Å²) in [5.41, 5.74) is 7.24. The van der Waals surface area contributed by atoms with Crippen molar-refractivity contribution < 1.29 is 57.3 Å². The summed E-state index contributed by atoms with van der Waals surface area (Å²) < 4.78 is 24.4. The number of hydrogen-bond donors (Lipinski definition) is 5. The lowest BCUT2D eigenvalue weighted by atomic mass is 10.1. The molecule has 21 nitrogen and oxygen atoms in total. The van der Waals surface area contributed by atoms with Gasteiger partial charge in [-0.25, -0.2) is 0 Å². The third-order valence-electron chi connectivity index (χ3n) is 14.7. The van der Waals surface area contributed by atoms with Gasteiger partial charge in [-0.3, -0.25) is 53.1 Å². The standard InChI is InChI=1S/C60H61N9O12/c1-34(64-54(71)16-10-9-15-53(70)61-19-20-67-55(72)17-18-56(67)73)57(74)65-35(2)58(75)66-40-22-36(32-80-51-28-45-43(26-49(51)78-3)59(76)68-41(30-62-45)24-38-11-5-7-13-47(38)68)21-37(23-40)33-81-52-29-46-44(27-50(52)79-4)60(77)69-42(31-63-46)25-39-12-6-8-14-48(39)69/h5-8,11-14,17-18,21-23,26-30,34-35,41-42,63H,9-10,15-16,19-20,24-25,31-33H2,1-4H3,(H,61,70)(H,64,71)(H,65,74)(H,66,75)/t34?,35?,41-,42-/m0/s1. The van der Waals surface area contributed by atoms with E-state index in [2.05, 4.69) is 26.6 Å². The Morgan fingerprint density at radius 1 is 0.667 bits per heavy atom. The van der Waals surface area contributed by atoms with Crippen LogP contribution in [-0.4, -0.2) is 116 Å². The van der Waals surface area contributed by atoms with Gasteiger partial charge < -0.3 is 50.4 Å². The van der Waals surface area contributed by atoms with E-state index in [0.29, 0.717) is 88.1 Å². The zero-order valence-electron chi connectivity index (χ0n) is 45.2. The van der Waals surface area contributed by atoms with Gasteiger partial charge in [-0.1, -0.05) is 36.4 Å². The number of fused-ring (bicyclic) bond motifs is 8. The number of methoxy groups -OCH3 is 2. The molecule has 5 aliphatic rings. The van der Waals surface area contributed by atoms with Crippen molar-refractivity contribution in [3.05, 3.63) is 137 Å². The maximum Gasteiger partial charge on any atom is 0.261 e. The van der Waals surface area contributed by atoms with Gasteiger partial charge in [0.1, 0.15) is 25.3 Å². The fourth-order valence-electron chi connectivity index (χ4n) is 10.6. The number of aliphatic imine (C=N–C) groups is 1. The number of benzene rings is 5. The largest absolute Gasteiger partial charge is 0.493 e. The molecule has 0 radical (unpaired) electrons. The summed E-state index contributed by atoms with van der Waals surface area (Å²) in [5.74, 6) is -1.78. The van der Waals surface area contributed by atoms with Crippen LogP contribution >= 0.6 is 0 Å². The molecule has 10 rings (SSSR count). The van der Waals surface area contributed by atoms with E-state index in [0.717, 1.165) is 33.8 Å². The van der Waals surface area contributed by atoms with Gasteiger partial charge in [0.15, 0.2) is 23.0 Å². The molecule has 418 valence electrons. The molecule has 5 aromatic rings. The molecule has 4 atom stereocenters. The van der Waals surface area contributed by atoms with Crippen molar-refractivity contribution in [2.24, 2.45) is 4.99 Å². The molecule has 0 saturated heterocycles. The molecule has 81 heavy (non-hydrogen) atoms. The fraction of sp³-hybridized carbons (Fsp3) is 0.317. The van der Waals surface area contributed by atoms with E-state index in [1.54, 1.807) is 47.5 Å². The molecule has 5 aliphatic heterocycles. The summed E-state index contributed by atoms with van der Waals surface area (Å²) in [7, 11) is 2.98. The van der Waals surface area contributed by atoms with Crippen LogP contribution in [0.1, 0.15) is 82.5 Å². The lowest BCUT2D eigenvalue weighted by Gasteiger charge is -2.22. The van der Waals surface area contributed by atoms with Crippen LogP contribution in [0.3, 0.4) is 0 Å². The third kappa shape index (κ3) is 11.9. The van der Waals surface area contributed by atoms with Crippen LogP contribution in [0.4, 0.5) is 28.4 Å². The molecular formula is C60H61N9O12. The van der Waals surface area contributed by atoms with E-state index in [4.69, 9.17) is 23.9 Å². The summed E-state index contributed by atoms with van der Waals surface area (Å²) in [5, 5.41) is 14.3. The Morgan fingerprint density at radius 2 is 1.26 bits per heavy atom. The van der Waals surface area contributed by atoms with Gasteiger partial charge in [-0.15, -0.1) is 0 Å². The summed E-state index contributed by atoms with van der Waals surface area (Å²) in [6.07, 6.45) is 6.38. The van der Waals surface area contributed by atoms with Gasteiger partial charge in [0.05, 0.1) is 48.8 Å². The number of nitrogens with one attached hydrogen (secondary N) is 5. The maximum atomic E-state index is 14.1. The van der Waals surface area contributed by atoms with Crippen molar-refractivity contribution in [3.63, 3.8) is 0 Å². The molecule has 0 aromatic heterocycles. The minimum absolute atomic E-state index is 0.0261. The minimum Gasteiger partial charge on any atom is -0.493 e. The molecular weight excluding hydrogens is 1040 g/mol. The average Bonchev–Trinajstić information content (AvgIpc) is 4.22. The molecule has 0 spiro atoms. The number of anilines is 4. The van der Waals surface area contributed by atoms with E-state index in [1.165, 1.54) is 40.2 Å². The zero-order chi connectivity index (χ0) is 56.9. The molecule has 5 heterocycles. The first kappa shape index (κ1) is 54.8. The Morgan fingerprint density at radius 3 is 1.94 bits per heavy atom. The average molecular weight is 1100 g/mol. The van der Waals surface area contributed by atoms with Gasteiger partial charge in [0.25, 0.3) is 23.6 Å². The van der Waals surface area contributed by atoms with E-state index < -0.39 is 41.6 Å². The van der Waals surface area contributed by atoms with Crippen molar-refractivity contribution in [1.29, 1.82) is 0 Å². The lowest BCUT2D eigenvalue weighted by Crippen LogP contribution is -2.50. The number of rotatable bonds is 21. The predicted molar refractivity (Wildman–Crippen MR) is 300 cm³/mol. The predicted octanol–water partition coefficient (Wildman–Crippen LogP) is 5.70. The Hall–Kier alpha value is -9.53. The number of hydrogen-bond acceptors (Lipinski definition) is 14. The molecule has 5 aromatic carbocycles. The Bertz CT molecular complexity index is 3410. The molecule has 0 saturated carbocycles. The molecule has 0 fully saturated rings. The molecule has 5 N–H and O–H groups in total. The SMILES string of the molecule is COc1cc2c(cc1OCc1cc(COc3cc4c(cc3OC)C(=O)N3c5ccccc5C[C@H]3CN4)cc(NC(=O)C(C)NC(=O)C(C)NC(=O)CCCCC(=O)NCCN3C(=O)C=CC3=O)c1)N=C[C@@H]1Cc3ccccc3N1C2=O. The lowest BCUT2D eigenvalue weighted by molar-refractivity contribution is -0.137. The molecule has 8 amide bonds. The number of unbranched alkanes of at least 4 members (excludes halogenated alkanes) is 1. The van der Waals surface area contributed by atoms with Crippen LogP contribution in [-0.2, 0) is 54.8 Å². The number of amides is 8. The van der Waals surface area contributed by atoms with Crippen LogP contribution in [0.5, 0.6) is 23.0 Å². The second-order valence-electron chi connectivity index (χ2n) is 20.3. The fourth-order valence-corrected chi connectivity index (χ4v) is 10.6. The third-order valence-corrected chi connectivity index (χ3v) is 14.7. The number of ether oxygens (including phenoxy) is 4. The Balaban J connectivity index is 0.804. The number of para-hydroxylation sites is 2. The second kappa shape index (κ2) is 23.8. The number of nitrogens with zero attached hydrogens (tertiary/aromatic N) is 4. The second-order valence-corrected chi connectivity index (χ2v) is 20.3. The maximum absolute atomic E-state index is 14.1. The van der Waals surface area contributed by atoms with Gasteiger partial charge in [-0.2, -0.15) is 0 Å². The molecule has 2 unspecified atom stereocenters. The van der Waals surface area contributed by atoms with Crippen molar-refractivity contribution in [2.75, 3.05) is 54.3 Å². The van der Waals surface area contributed by atoms with Gasteiger partial charge in [0, 0.05) is 86.5 Å². The number of imide groups is 1. The monoisotopic (exact) mass is 1100 g/mol. The zero-order valence-corrected chi connectivity index (χ0v) is 45.2. The smallest absolute Gasteiger partial charge is 0.261 e. The van der Waals surface area contributed by atoms with E-state index in [1.807, 2.05) is 59.5 Å². The first-order valence-corrected chi connectivity index (χ1v) is 26.8. The van der Waals surface area contributed by atoms with Crippen molar-refractivity contribution in [2.45, 2.75) is 89.8 Å². The summed E-state index contributed by atoms with van der Waals surface area (Å²) in [6.45, 7) is 3.61. The minimum atomic E-state index is -1.06. The highest BCUT2D eigenvalue weighted by atomic mass is 16.5. The van der Waals surface area contributed by atoms with Crippen molar-refractivity contribution >= 4 is 81.9 Å². The van der Waals surface area contributed by atoms with E-state index in [-0.39, 0.29) is 69.0 Å². The number of carbonyl (C=O) groups is 8. The summed E-state index contributed by atoms with van der Waals surface area (Å²) in [6, 6.07) is 25.3. The van der Waals surface area contributed by atoms with Crippen LogP contribution in [0.2, 0.25) is 0 Å². The first-order valence-electron chi connectivity index (χ1n) is 26.8.